The van der Waals surface area contributed by atoms with Crippen molar-refractivity contribution in [2.45, 2.75) is 50.7 Å². The number of Topliss-reactive ketones (excluding diaryl/α,β-unsaturated/α-hetero) is 1. The maximum absolute atomic E-state index is 12.0. The number of hydrogen-bond donors (Lipinski definition) is 1. The number of carbonyl (C=O) groups is 1. The van der Waals surface area contributed by atoms with Gasteiger partial charge >= 0.3 is 0 Å². The van der Waals surface area contributed by atoms with Gasteiger partial charge in [0.1, 0.15) is 5.69 Å². The molecule has 2 heterocycles. The van der Waals surface area contributed by atoms with E-state index in [2.05, 4.69) is 11.1 Å². The molecule has 1 fully saturated rings. The maximum Gasteiger partial charge on any atom is 0.163 e. The van der Waals surface area contributed by atoms with Crippen molar-refractivity contribution in [1.82, 2.24) is 14.8 Å². The Morgan fingerprint density at radius 3 is 2.50 bits per heavy atom. The number of pyridine rings is 1. The van der Waals surface area contributed by atoms with Crippen LogP contribution in [0.3, 0.4) is 0 Å². The molecule has 0 bridgehead atoms. The van der Waals surface area contributed by atoms with Crippen LogP contribution in [-0.2, 0) is 12.1 Å². The molecule has 2 aromatic heterocycles. The highest BCUT2D eigenvalue weighted by atomic mass is 16.3. The lowest BCUT2D eigenvalue weighted by molar-refractivity contribution is -0.0793. The Kier molecular flexibility index (Phi) is 4.13. The van der Waals surface area contributed by atoms with Gasteiger partial charge in [-0.3, -0.25) is 9.78 Å². The first kappa shape index (κ1) is 17.3. The van der Waals surface area contributed by atoms with Gasteiger partial charge in [0, 0.05) is 41.7 Å². The maximum atomic E-state index is 12.0. The molecule has 28 heavy (non-hydrogen) atoms. The predicted octanol–water partition coefficient (Wildman–Crippen LogP) is 4.35. The van der Waals surface area contributed by atoms with Crippen LogP contribution < -0.4 is 0 Å². The molecule has 1 aromatic carbocycles. The van der Waals surface area contributed by atoms with Crippen molar-refractivity contribution in [1.29, 1.82) is 0 Å². The van der Waals surface area contributed by atoms with Crippen LogP contribution in [0.1, 0.15) is 54.4 Å². The van der Waals surface area contributed by atoms with Crippen molar-refractivity contribution >= 4 is 5.78 Å². The third kappa shape index (κ3) is 2.87. The van der Waals surface area contributed by atoms with Crippen LogP contribution in [0.4, 0.5) is 0 Å². The molecule has 5 rings (SSSR count). The van der Waals surface area contributed by atoms with E-state index < -0.39 is 5.72 Å². The number of hydrogen-bond acceptors (Lipinski definition) is 4. The molecule has 1 saturated carbocycles. The molecule has 3 aromatic rings. The topological polar surface area (TPSA) is 68.0 Å². The van der Waals surface area contributed by atoms with Crippen molar-refractivity contribution in [3.05, 3.63) is 60.0 Å². The van der Waals surface area contributed by atoms with E-state index in [1.54, 1.807) is 17.1 Å². The first-order valence-corrected chi connectivity index (χ1v) is 10.0. The molecule has 0 radical (unpaired) electrons. The number of aryl methyl sites for hydroxylation is 1. The highest BCUT2D eigenvalue weighted by molar-refractivity contribution is 6.01. The molecule has 5 nitrogen and oxygen atoms in total. The highest BCUT2D eigenvalue weighted by Gasteiger charge is 2.33. The zero-order valence-corrected chi connectivity index (χ0v) is 15.8. The largest absolute Gasteiger partial charge is 0.369 e. The summed E-state index contributed by atoms with van der Waals surface area (Å²) in [5.74, 6) is 0.225. The summed E-state index contributed by atoms with van der Waals surface area (Å²) in [6.07, 6.45) is 11.5. The Morgan fingerprint density at radius 2 is 1.71 bits per heavy atom. The summed E-state index contributed by atoms with van der Waals surface area (Å²) < 4.78 is 1.76. The molecule has 2 aliphatic rings. The molecule has 0 aliphatic heterocycles. The van der Waals surface area contributed by atoms with Crippen LogP contribution in [0.5, 0.6) is 0 Å². The standard InChI is InChI=1S/C23H23N3O2/c27-21-7-5-17-14-18(4-6-19(17)21)20-15-26(23(28)10-2-1-3-11-23)25-22(20)16-8-12-24-13-9-16/h4,6,8-9,12-15,28H,1-3,5,7,10-11H2. The molecule has 0 atom stereocenters. The number of rotatable bonds is 3. The molecular formula is C23H23N3O2. The lowest BCUT2D eigenvalue weighted by atomic mass is 9.92. The fourth-order valence-corrected chi connectivity index (χ4v) is 4.49. The van der Waals surface area contributed by atoms with Crippen LogP contribution >= 0.6 is 0 Å². The number of aromatic nitrogens is 3. The van der Waals surface area contributed by atoms with E-state index in [-0.39, 0.29) is 5.78 Å². The van der Waals surface area contributed by atoms with Gasteiger partial charge in [-0.15, -0.1) is 0 Å². The number of nitrogens with zero attached hydrogens (tertiary/aromatic N) is 3. The molecule has 0 unspecified atom stereocenters. The van der Waals surface area contributed by atoms with Gasteiger partial charge in [-0.25, -0.2) is 4.68 Å². The lowest BCUT2D eigenvalue weighted by Gasteiger charge is -2.32. The van der Waals surface area contributed by atoms with Gasteiger partial charge in [0.2, 0.25) is 0 Å². The Labute approximate surface area is 164 Å². The minimum Gasteiger partial charge on any atom is -0.369 e. The summed E-state index contributed by atoms with van der Waals surface area (Å²) in [5.41, 5.74) is 4.84. The molecule has 2 aliphatic carbocycles. The van der Waals surface area contributed by atoms with E-state index in [1.807, 2.05) is 30.5 Å². The summed E-state index contributed by atoms with van der Waals surface area (Å²) in [5, 5.41) is 16.0. The van der Waals surface area contributed by atoms with Crippen molar-refractivity contribution < 1.29 is 9.90 Å². The van der Waals surface area contributed by atoms with Crippen LogP contribution in [0, 0.1) is 0 Å². The van der Waals surface area contributed by atoms with Gasteiger partial charge in [0.25, 0.3) is 0 Å². The summed E-state index contributed by atoms with van der Waals surface area (Å²) in [6, 6.07) is 9.93. The average Bonchev–Trinajstić information content (AvgIpc) is 3.34. The highest BCUT2D eigenvalue weighted by Crippen LogP contribution is 2.38. The second kappa shape index (κ2) is 6.67. The Hall–Kier alpha value is -2.79. The SMILES string of the molecule is O=C1CCc2cc(-c3cn(C4(O)CCCCC4)nc3-c3ccncc3)ccc21. The molecule has 0 spiro atoms. The minimum absolute atomic E-state index is 0.225. The van der Waals surface area contributed by atoms with Crippen LogP contribution in [0.15, 0.2) is 48.9 Å². The summed E-state index contributed by atoms with van der Waals surface area (Å²) in [7, 11) is 0. The van der Waals surface area contributed by atoms with Crippen molar-refractivity contribution in [2.75, 3.05) is 0 Å². The second-order valence-corrected chi connectivity index (χ2v) is 7.91. The van der Waals surface area contributed by atoms with E-state index in [4.69, 9.17) is 5.10 Å². The molecule has 0 amide bonds. The van der Waals surface area contributed by atoms with Crippen LogP contribution in [-0.4, -0.2) is 25.7 Å². The van der Waals surface area contributed by atoms with E-state index >= 15 is 0 Å². The third-order valence-electron chi connectivity index (χ3n) is 6.09. The Morgan fingerprint density at radius 1 is 0.929 bits per heavy atom. The van der Waals surface area contributed by atoms with Crippen molar-refractivity contribution in [3.8, 4) is 22.4 Å². The zero-order valence-electron chi connectivity index (χ0n) is 15.8. The minimum atomic E-state index is -0.926. The van der Waals surface area contributed by atoms with E-state index in [0.717, 1.165) is 72.0 Å². The first-order chi connectivity index (χ1) is 13.6. The molecule has 5 heteroatoms. The quantitative estimate of drug-likeness (QED) is 0.741. The Balaban J connectivity index is 1.65. The molecule has 142 valence electrons. The normalized spacial score (nSPS) is 18.2. The van der Waals surface area contributed by atoms with E-state index in [9.17, 15) is 9.90 Å². The monoisotopic (exact) mass is 373 g/mol. The number of ketones is 1. The Bertz CT molecular complexity index is 1030. The molecule has 0 saturated heterocycles. The van der Waals surface area contributed by atoms with Crippen LogP contribution in [0.2, 0.25) is 0 Å². The summed E-state index contributed by atoms with van der Waals surface area (Å²) in [6.45, 7) is 0. The fraction of sp³-hybridized carbons (Fsp3) is 0.348. The van der Waals surface area contributed by atoms with Gasteiger partial charge in [-0.05, 0) is 55.4 Å². The van der Waals surface area contributed by atoms with Crippen LogP contribution in [0.25, 0.3) is 22.4 Å². The summed E-state index contributed by atoms with van der Waals surface area (Å²) >= 11 is 0. The number of aliphatic hydroxyl groups is 1. The molecular weight excluding hydrogens is 350 g/mol. The number of benzene rings is 1. The fourth-order valence-electron chi connectivity index (χ4n) is 4.49. The zero-order chi connectivity index (χ0) is 19.1. The van der Waals surface area contributed by atoms with Gasteiger partial charge in [-0.1, -0.05) is 24.6 Å². The number of carbonyl (C=O) groups excluding carboxylic acids is 1. The smallest absolute Gasteiger partial charge is 0.163 e. The second-order valence-electron chi connectivity index (χ2n) is 7.91. The van der Waals surface area contributed by atoms with E-state index in [1.165, 1.54) is 0 Å². The van der Waals surface area contributed by atoms with Gasteiger partial charge in [-0.2, -0.15) is 5.10 Å². The average molecular weight is 373 g/mol. The first-order valence-electron chi connectivity index (χ1n) is 10.0. The van der Waals surface area contributed by atoms with Crippen molar-refractivity contribution in [3.63, 3.8) is 0 Å². The number of fused-ring (bicyclic) bond motifs is 1. The molecule has 1 N–H and O–H groups in total. The third-order valence-corrected chi connectivity index (χ3v) is 6.09. The van der Waals surface area contributed by atoms with Crippen molar-refractivity contribution in [2.24, 2.45) is 0 Å². The lowest BCUT2D eigenvalue weighted by Crippen LogP contribution is -2.35. The summed E-state index contributed by atoms with van der Waals surface area (Å²) in [4.78, 5) is 16.1. The predicted molar refractivity (Wildman–Crippen MR) is 107 cm³/mol. The van der Waals surface area contributed by atoms with Gasteiger partial charge in [0.05, 0.1) is 0 Å². The van der Waals surface area contributed by atoms with Gasteiger partial charge in [0.15, 0.2) is 11.5 Å². The van der Waals surface area contributed by atoms with E-state index in [0.29, 0.717) is 6.42 Å². The van der Waals surface area contributed by atoms with Gasteiger partial charge < -0.3 is 5.11 Å².